The Balaban J connectivity index is 2.52. The van der Waals surface area contributed by atoms with Crippen molar-refractivity contribution >= 4 is 24.7 Å². The Morgan fingerprint density at radius 3 is 2.00 bits per heavy atom. The Morgan fingerprint density at radius 2 is 1.59 bits per heavy atom. The van der Waals surface area contributed by atoms with Crippen LogP contribution >= 0.6 is 0 Å². The molecule has 0 aromatic rings. The van der Waals surface area contributed by atoms with Gasteiger partial charge in [-0.15, -0.1) is 0 Å². The van der Waals surface area contributed by atoms with E-state index in [0.29, 0.717) is 13.0 Å². The topological polar surface area (TPSA) is 57.2 Å². The number of methoxy groups -OCH3 is 1. The van der Waals surface area contributed by atoms with Gasteiger partial charge in [0.25, 0.3) is 0 Å². The van der Waals surface area contributed by atoms with E-state index in [0.717, 1.165) is 24.6 Å². The lowest BCUT2D eigenvalue weighted by atomic mass is 9.47. The molecule has 2 aliphatic rings. The van der Waals surface area contributed by atoms with E-state index in [-0.39, 0.29) is 28.4 Å². The van der Waals surface area contributed by atoms with Crippen LogP contribution in [0.5, 0.6) is 0 Å². The highest BCUT2D eigenvalue weighted by Gasteiger charge is 2.74. The number of hydrogen-bond donors (Lipinski definition) is 1. The van der Waals surface area contributed by atoms with Crippen LogP contribution in [0.4, 0.5) is 0 Å². The maximum atomic E-state index is 11.9. The second kappa shape index (κ2) is 12.4. The van der Waals surface area contributed by atoms with E-state index in [1.807, 2.05) is 0 Å². The van der Waals surface area contributed by atoms with Crippen molar-refractivity contribution in [3.63, 3.8) is 0 Å². The lowest BCUT2D eigenvalue weighted by molar-refractivity contribution is -0.276. The Kier molecular flexibility index (Phi) is 11.3. The standard InChI is InChI=1S/C31H64O5Si3/c1-16-39(17-2,18-3)34-21-25(36-38(14,15)29(5,6)7)27-24-20-30(8,9)31(24,35-28(27)33-10)26(32)19-23(4)22-37(11,12)13/h22,24-28,32H,16-21H2,1-15H3/b23-22+/t24-,25+,26+,27+,28-,31-/m0/s1. The first-order chi connectivity index (χ1) is 17.7. The Labute approximate surface area is 245 Å². The van der Waals surface area contributed by atoms with Crippen molar-refractivity contribution in [2.24, 2.45) is 17.3 Å². The molecule has 0 aromatic carbocycles. The molecule has 2 fully saturated rings. The number of hydrogen-bond acceptors (Lipinski definition) is 5. The third-order valence-corrected chi connectivity index (χ3v) is 21.0. The molecule has 0 bridgehead atoms. The minimum atomic E-state index is -2.12. The van der Waals surface area contributed by atoms with E-state index in [2.05, 4.69) is 101 Å². The van der Waals surface area contributed by atoms with E-state index < -0.39 is 42.7 Å². The average molecular weight is 601 g/mol. The fraction of sp³-hybridized carbons (Fsp3) is 0.935. The second-order valence-corrected chi connectivity index (χ2v) is 30.4. The summed E-state index contributed by atoms with van der Waals surface area (Å²) in [5, 5.41) is 12.0. The van der Waals surface area contributed by atoms with Crippen LogP contribution in [0, 0.1) is 17.3 Å². The maximum Gasteiger partial charge on any atom is 0.192 e. The molecule has 5 nitrogen and oxygen atoms in total. The molecular formula is C31H64O5Si3. The molecule has 1 saturated heterocycles. The molecule has 8 heteroatoms. The van der Waals surface area contributed by atoms with Crippen LogP contribution in [0.15, 0.2) is 11.3 Å². The van der Waals surface area contributed by atoms with Gasteiger partial charge in [-0.05, 0) is 61.4 Å². The third kappa shape index (κ3) is 7.23. The van der Waals surface area contributed by atoms with Crippen molar-refractivity contribution in [2.75, 3.05) is 13.7 Å². The summed E-state index contributed by atoms with van der Waals surface area (Å²) in [6.45, 7) is 32.7. The number of ether oxygens (including phenoxy) is 2. The number of aliphatic hydroxyl groups is 1. The molecule has 1 saturated carbocycles. The predicted octanol–water partition coefficient (Wildman–Crippen LogP) is 8.38. The molecule has 230 valence electrons. The first kappa shape index (κ1) is 35.4. The highest BCUT2D eigenvalue weighted by molar-refractivity contribution is 6.81. The smallest absolute Gasteiger partial charge is 0.192 e. The van der Waals surface area contributed by atoms with Gasteiger partial charge in [0.05, 0.1) is 26.9 Å². The monoisotopic (exact) mass is 600 g/mol. The van der Waals surface area contributed by atoms with E-state index in [9.17, 15) is 5.11 Å². The van der Waals surface area contributed by atoms with Gasteiger partial charge in [0, 0.05) is 18.9 Å². The summed E-state index contributed by atoms with van der Waals surface area (Å²) in [4.78, 5) is 0. The molecule has 1 heterocycles. The Morgan fingerprint density at radius 1 is 1.05 bits per heavy atom. The van der Waals surface area contributed by atoms with Gasteiger partial charge in [-0.1, -0.05) is 86.3 Å². The molecule has 39 heavy (non-hydrogen) atoms. The van der Waals surface area contributed by atoms with Gasteiger partial charge in [0.15, 0.2) is 22.9 Å². The van der Waals surface area contributed by atoms with E-state index >= 15 is 0 Å². The van der Waals surface area contributed by atoms with Crippen LogP contribution in [0.25, 0.3) is 0 Å². The summed E-state index contributed by atoms with van der Waals surface area (Å²) in [5.74, 6) is 0.178. The summed E-state index contributed by atoms with van der Waals surface area (Å²) >= 11 is 0. The number of aliphatic hydroxyl groups excluding tert-OH is 1. The average Bonchev–Trinajstić information content (AvgIpc) is 3.08. The molecule has 1 aliphatic carbocycles. The van der Waals surface area contributed by atoms with E-state index in [1.54, 1.807) is 7.11 Å². The van der Waals surface area contributed by atoms with Crippen LogP contribution in [0.1, 0.15) is 75.2 Å². The lowest BCUT2D eigenvalue weighted by Gasteiger charge is -2.61. The molecular weight excluding hydrogens is 537 g/mol. The fourth-order valence-corrected chi connectivity index (χ4v) is 12.7. The van der Waals surface area contributed by atoms with Crippen LogP contribution in [-0.4, -0.2) is 67.6 Å². The van der Waals surface area contributed by atoms with Crippen molar-refractivity contribution in [1.29, 1.82) is 0 Å². The zero-order chi connectivity index (χ0) is 30.2. The molecule has 2 rings (SSSR count). The quantitative estimate of drug-likeness (QED) is 0.203. The molecule has 0 spiro atoms. The van der Waals surface area contributed by atoms with Gasteiger partial charge in [-0.3, -0.25) is 0 Å². The van der Waals surface area contributed by atoms with Gasteiger partial charge in [0.2, 0.25) is 0 Å². The zero-order valence-corrected chi connectivity index (χ0v) is 31.3. The van der Waals surface area contributed by atoms with E-state index in [4.69, 9.17) is 18.3 Å². The van der Waals surface area contributed by atoms with Crippen LogP contribution in [0.3, 0.4) is 0 Å². The molecule has 1 N–H and O–H groups in total. The molecule has 0 unspecified atom stereocenters. The minimum Gasteiger partial charge on any atom is -0.414 e. The highest BCUT2D eigenvalue weighted by atomic mass is 28.4. The van der Waals surface area contributed by atoms with Crippen molar-refractivity contribution in [3.8, 4) is 0 Å². The van der Waals surface area contributed by atoms with Crippen molar-refractivity contribution in [1.82, 2.24) is 0 Å². The normalized spacial score (nSPS) is 29.6. The lowest BCUT2D eigenvalue weighted by Crippen LogP contribution is -2.68. The van der Waals surface area contributed by atoms with Crippen LogP contribution in [0.2, 0.25) is 55.9 Å². The van der Waals surface area contributed by atoms with Gasteiger partial charge in [-0.25, -0.2) is 0 Å². The number of rotatable bonds is 14. The summed E-state index contributed by atoms with van der Waals surface area (Å²) in [6, 6.07) is 3.34. The van der Waals surface area contributed by atoms with Crippen molar-refractivity contribution < 1.29 is 23.4 Å². The van der Waals surface area contributed by atoms with Gasteiger partial charge < -0.3 is 23.4 Å². The molecule has 0 radical (unpaired) electrons. The summed E-state index contributed by atoms with van der Waals surface area (Å²) in [6.07, 6.45) is 0.481. The van der Waals surface area contributed by atoms with Gasteiger partial charge in [0.1, 0.15) is 5.60 Å². The minimum absolute atomic E-state index is 0.0188. The van der Waals surface area contributed by atoms with Gasteiger partial charge in [-0.2, -0.15) is 0 Å². The van der Waals surface area contributed by atoms with Crippen molar-refractivity contribution in [3.05, 3.63) is 11.3 Å². The zero-order valence-electron chi connectivity index (χ0n) is 28.3. The Bertz CT molecular complexity index is 832. The predicted molar refractivity (Wildman–Crippen MR) is 173 cm³/mol. The number of fused-ring (bicyclic) bond motifs is 1. The van der Waals surface area contributed by atoms with Gasteiger partial charge >= 0.3 is 0 Å². The molecule has 1 aliphatic heterocycles. The van der Waals surface area contributed by atoms with Crippen LogP contribution in [-0.2, 0) is 18.3 Å². The summed E-state index contributed by atoms with van der Waals surface area (Å²) in [7, 11) is -3.57. The van der Waals surface area contributed by atoms with Crippen LogP contribution < -0.4 is 0 Å². The molecule has 0 aromatic heterocycles. The van der Waals surface area contributed by atoms with Crippen molar-refractivity contribution in [2.45, 2.75) is 155 Å². The summed E-state index contributed by atoms with van der Waals surface area (Å²) < 4.78 is 27.2. The first-order valence-electron chi connectivity index (χ1n) is 15.5. The second-order valence-electron chi connectivity index (χ2n) is 15.8. The molecule has 0 amide bonds. The highest BCUT2D eigenvalue weighted by Crippen LogP contribution is 2.67. The third-order valence-electron chi connectivity index (χ3n) is 10.5. The maximum absolute atomic E-state index is 11.9. The fourth-order valence-electron chi connectivity index (χ4n) is 7.13. The molecule has 6 atom stereocenters. The largest absolute Gasteiger partial charge is 0.414 e. The van der Waals surface area contributed by atoms with E-state index in [1.165, 1.54) is 5.57 Å². The summed E-state index contributed by atoms with van der Waals surface area (Å²) in [5.41, 5.74) is 2.87. The SMILES string of the molecule is CC[Si](CC)(CC)OC[C@@H](O[Si](C)(C)C(C)(C)C)[C@@H]1[C@@H](OC)O[C@]2([C@H](O)C/C(C)=C/[Si](C)(C)C)[C@H]1CC2(C)C. The first-order valence-corrected chi connectivity index (χ1v) is 24.6. The Hall–Kier alpha value is 0.191.